The lowest BCUT2D eigenvalue weighted by Gasteiger charge is -2.27. The Hall–Kier alpha value is -7.71. The van der Waals surface area contributed by atoms with Crippen molar-refractivity contribution in [2.45, 2.75) is 19.6 Å². The van der Waals surface area contributed by atoms with Gasteiger partial charge in [-0.15, -0.1) is 0 Å². The molecule has 0 radical (unpaired) electrons. The molecule has 10 aromatic rings. The lowest BCUT2D eigenvalue weighted by molar-refractivity contribution is 1.14. The molecule has 4 heteroatoms. The maximum atomic E-state index is 9.30. The highest BCUT2D eigenvalue weighted by Crippen LogP contribution is 2.45. The fourth-order valence-electron chi connectivity index (χ4n) is 8.78. The second kappa shape index (κ2) is 16.0. The van der Waals surface area contributed by atoms with Crippen LogP contribution in [0.25, 0.3) is 72.0 Å². The summed E-state index contributed by atoms with van der Waals surface area (Å²) in [6.07, 6.45) is 0. The van der Waals surface area contributed by atoms with Crippen LogP contribution in [-0.4, -0.2) is 12.6 Å². The SMILES string of the molecule is C[Si](C)(C)c1ccc(N(c2ccc(-c3ccc(C#N)cc3)cc2)c2ccc(-c3ccc(-n4c(-c5ccccc5)c(-c5ccccc5)c5ccc6ccccc6c54)cc3)cc2)cc1. The fraction of sp³-hybridized carbons (Fsp3) is 0.0517. The molecule has 296 valence electrons. The lowest BCUT2D eigenvalue weighted by Crippen LogP contribution is -2.37. The zero-order chi connectivity index (χ0) is 42.2. The first kappa shape index (κ1) is 38.5. The number of hydrogen-bond acceptors (Lipinski definition) is 2. The molecule has 0 N–H and O–H groups in total. The van der Waals surface area contributed by atoms with E-state index >= 15 is 0 Å². The van der Waals surface area contributed by atoms with Crippen molar-refractivity contribution in [1.82, 2.24) is 4.57 Å². The Morgan fingerprint density at radius 2 is 0.887 bits per heavy atom. The van der Waals surface area contributed by atoms with Gasteiger partial charge in [-0.25, -0.2) is 0 Å². The molecule has 10 rings (SSSR count). The molecule has 0 saturated heterocycles. The van der Waals surface area contributed by atoms with Crippen LogP contribution in [0.15, 0.2) is 218 Å². The smallest absolute Gasteiger partial charge is 0.0991 e. The number of aromatic nitrogens is 1. The number of anilines is 3. The van der Waals surface area contributed by atoms with Crippen LogP contribution in [0.4, 0.5) is 17.1 Å². The molecule has 0 aliphatic rings. The van der Waals surface area contributed by atoms with Crippen molar-refractivity contribution in [3.63, 3.8) is 0 Å². The zero-order valence-electron chi connectivity index (χ0n) is 35.1. The van der Waals surface area contributed by atoms with Gasteiger partial charge in [-0.3, -0.25) is 0 Å². The number of nitriles is 1. The fourth-order valence-corrected chi connectivity index (χ4v) is 9.94. The van der Waals surface area contributed by atoms with Crippen LogP contribution >= 0.6 is 0 Å². The number of hydrogen-bond donors (Lipinski definition) is 0. The van der Waals surface area contributed by atoms with Crippen molar-refractivity contribution < 1.29 is 0 Å². The van der Waals surface area contributed by atoms with Gasteiger partial charge in [-0.1, -0.05) is 183 Å². The van der Waals surface area contributed by atoms with E-state index in [-0.39, 0.29) is 0 Å². The van der Waals surface area contributed by atoms with E-state index in [0.717, 1.165) is 45.0 Å². The van der Waals surface area contributed by atoms with E-state index < -0.39 is 8.07 Å². The molecule has 0 fully saturated rings. The lowest BCUT2D eigenvalue weighted by atomic mass is 9.97. The average molecular weight is 812 g/mol. The summed E-state index contributed by atoms with van der Waals surface area (Å²) < 4.78 is 2.47. The summed E-state index contributed by atoms with van der Waals surface area (Å²) in [4.78, 5) is 2.33. The van der Waals surface area contributed by atoms with Crippen molar-refractivity contribution in [3.8, 4) is 56.4 Å². The molecule has 0 spiro atoms. The highest BCUT2D eigenvalue weighted by atomic mass is 28.3. The molecular formula is C58H45N3Si. The minimum Gasteiger partial charge on any atom is -0.311 e. The molecule has 1 aromatic heterocycles. The summed E-state index contributed by atoms with van der Waals surface area (Å²) in [5, 5.41) is 14.4. The van der Waals surface area contributed by atoms with E-state index in [2.05, 4.69) is 229 Å². The second-order valence-corrected chi connectivity index (χ2v) is 22.0. The highest BCUT2D eigenvalue weighted by Gasteiger charge is 2.23. The van der Waals surface area contributed by atoms with Gasteiger partial charge in [-0.05, 0) is 99.4 Å². The van der Waals surface area contributed by atoms with E-state index in [0.29, 0.717) is 5.56 Å². The Morgan fingerprint density at radius 3 is 1.42 bits per heavy atom. The van der Waals surface area contributed by atoms with E-state index in [9.17, 15) is 5.26 Å². The first-order valence-electron chi connectivity index (χ1n) is 21.2. The van der Waals surface area contributed by atoms with Gasteiger partial charge in [0.05, 0.1) is 30.9 Å². The van der Waals surface area contributed by atoms with Gasteiger partial charge in [-0.2, -0.15) is 5.26 Å². The number of nitrogens with zero attached hydrogens (tertiary/aromatic N) is 3. The first-order chi connectivity index (χ1) is 30.3. The third-order valence-electron chi connectivity index (χ3n) is 12.0. The second-order valence-electron chi connectivity index (χ2n) is 16.9. The number of fused-ring (bicyclic) bond motifs is 3. The average Bonchev–Trinajstić information content (AvgIpc) is 3.69. The summed E-state index contributed by atoms with van der Waals surface area (Å²) >= 11 is 0. The molecular weight excluding hydrogens is 767 g/mol. The van der Waals surface area contributed by atoms with E-state index in [1.165, 1.54) is 49.2 Å². The zero-order valence-corrected chi connectivity index (χ0v) is 36.1. The van der Waals surface area contributed by atoms with Crippen LogP contribution in [-0.2, 0) is 0 Å². The Labute approximate surface area is 365 Å². The van der Waals surface area contributed by atoms with Crippen LogP contribution in [0, 0.1) is 11.3 Å². The molecule has 0 aliphatic heterocycles. The van der Waals surface area contributed by atoms with Gasteiger partial charge in [0.25, 0.3) is 0 Å². The van der Waals surface area contributed by atoms with E-state index in [1.807, 2.05) is 24.3 Å². The highest BCUT2D eigenvalue weighted by molar-refractivity contribution is 6.88. The Balaban J connectivity index is 1.04. The van der Waals surface area contributed by atoms with Gasteiger partial charge >= 0.3 is 0 Å². The van der Waals surface area contributed by atoms with Crippen LogP contribution in [0.1, 0.15) is 5.56 Å². The van der Waals surface area contributed by atoms with Gasteiger partial charge in [0.2, 0.25) is 0 Å². The van der Waals surface area contributed by atoms with Crippen LogP contribution in [0.2, 0.25) is 19.6 Å². The molecule has 9 aromatic carbocycles. The third kappa shape index (κ3) is 7.19. The maximum Gasteiger partial charge on any atom is 0.0991 e. The summed E-state index contributed by atoms with van der Waals surface area (Å²) in [7, 11) is -1.47. The van der Waals surface area contributed by atoms with Crippen molar-refractivity contribution in [2.24, 2.45) is 0 Å². The van der Waals surface area contributed by atoms with E-state index in [4.69, 9.17) is 0 Å². The monoisotopic (exact) mass is 811 g/mol. The molecule has 0 amide bonds. The van der Waals surface area contributed by atoms with Gasteiger partial charge < -0.3 is 9.47 Å². The molecule has 0 bridgehead atoms. The molecule has 0 saturated carbocycles. The largest absolute Gasteiger partial charge is 0.311 e. The minimum atomic E-state index is -1.47. The van der Waals surface area contributed by atoms with Gasteiger partial charge in [0, 0.05) is 39.1 Å². The quantitative estimate of drug-likeness (QED) is 0.136. The van der Waals surface area contributed by atoms with Crippen LogP contribution in [0.3, 0.4) is 0 Å². The summed E-state index contributed by atoms with van der Waals surface area (Å²) in [6.45, 7) is 7.17. The minimum absolute atomic E-state index is 0.663. The van der Waals surface area contributed by atoms with Crippen molar-refractivity contribution in [3.05, 3.63) is 224 Å². The molecule has 1 heterocycles. The predicted molar refractivity (Wildman–Crippen MR) is 265 cm³/mol. The molecule has 0 aliphatic carbocycles. The van der Waals surface area contributed by atoms with Crippen LogP contribution < -0.4 is 10.1 Å². The van der Waals surface area contributed by atoms with Crippen molar-refractivity contribution >= 4 is 52.0 Å². The van der Waals surface area contributed by atoms with Crippen LogP contribution in [0.5, 0.6) is 0 Å². The Kier molecular flexibility index (Phi) is 9.96. The molecule has 62 heavy (non-hydrogen) atoms. The first-order valence-corrected chi connectivity index (χ1v) is 24.7. The normalized spacial score (nSPS) is 11.5. The summed E-state index contributed by atoms with van der Waals surface area (Å²) in [5.41, 5.74) is 15.6. The predicted octanol–water partition coefficient (Wildman–Crippen LogP) is 15.3. The number of rotatable bonds is 9. The third-order valence-corrected chi connectivity index (χ3v) is 14.1. The molecule has 0 atom stereocenters. The molecule has 0 unspecified atom stereocenters. The van der Waals surface area contributed by atoms with Crippen molar-refractivity contribution in [2.75, 3.05) is 4.90 Å². The topological polar surface area (TPSA) is 32.0 Å². The summed E-state index contributed by atoms with van der Waals surface area (Å²) in [6, 6.07) is 80.7. The van der Waals surface area contributed by atoms with Gasteiger partial charge in [0.1, 0.15) is 0 Å². The van der Waals surface area contributed by atoms with Crippen molar-refractivity contribution in [1.29, 1.82) is 5.26 Å². The molecule has 3 nitrogen and oxygen atoms in total. The standard InChI is InChI=1S/C58H45N3Si/c1-62(2,3)53-37-35-51(36-38-53)60(49-29-22-43(23-30-49)42-20-18-41(40-59)19-21-42)50-31-24-44(25-32-50)45-26-33-52(34-27-45)61-57(48-15-8-5-9-16-48)56(47-13-6-4-7-14-47)55-39-28-46-12-10-11-17-54(46)58(55)61/h4-39H,1-3H3. The Morgan fingerprint density at radius 1 is 0.419 bits per heavy atom. The van der Waals surface area contributed by atoms with Gasteiger partial charge in [0.15, 0.2) is 0 Å². The maximum absolute atomic E-state index is 9.30. The van der Waals surface area contributed by atoms with E-state index in [1.54, 1.807) is 0 Å². The number of benzene rings is 9. The summed E-state index contributed by atoms with van der Waals surface area (Å²) in [5.74, 6) is 0. The Bertz CT molecular complexity index is 3210.